The van der Waals surface area contributed by atoms with Crippen molar-refractivity contribution in [1.29, 1.82) is 0 Å². The lowest BCUT2D eigenvalue weighted by Gasteiger charge is -2.43. The van der Waals surface area contributed by atoms with E-state index in [0.717, 1.165) is 19.3 Å². The highest BCUT2D eigenvalue weighted by Gasteiger charge is 2.50. The summed E-state index contributed by atoms with van der Waals surface area (Å²) in [6.45, 7) is 17.6. The Morgan fingerprint density at radius 3 is 2.14 bits per heavy atom. The Balaban J connectivity index is 1.91. The molecule has 286 valence electrons. The lowest BCUT2D eigenvalue weighted by atomic mass is 9.70. The fourth-order valence-corrected chi connectivity index (χ4v) is 7.72. The number of carbonyl (C=O) groups is 7. The maximum atomic E-state index is 14.8. The number of Topliss-reactive ketones (excluding diaryl/α,β-unsaturated/α-hetero) is 1. The molecule has 1 aliphatic carbocycles. The van der Waals surface area contributed by atoms with Gasteiger partial charge in [-0.1, -0.05) is 80.2 Å². The first-order valence-electron chi connectivity index (χ1n) is 18.9. The molecule has 51 heavy (non-hydrogen) atoms. The van der Waals surface area contributed by atoms with E-state index in [0.29, 0.717) is 38.6 Å². The van der Waals surface area contributed by atoms with Crippen LogP contribution in [-0.4, -0.2) is 95.0 Å². The third-order valence-electron chi connectivity index (χ3n) is 11.0. The van der Waals surface area contributed by atoms with Crippen LogP contribution < -0.4 is 21.3 Å². The van der Waals surface area contributed by atoms with Gasteiger partial charge in [0.05, 0.1) is 12.1 Å². The number of urea groups is 1. The van der Waals surface area contributed by atoms with Crippen LogP contribution in [0.4, 0.5) is 4.79 Å². The SMILES string of the molecule is C=CCNC(=O)C(=O)C(CCC)NC(=O)[C@@H]1[C@@H](C(C)C)CCN1C(=O)[C@@H](NC(=O)N[C@H](CN1C(=O)CCCC1=O)C(C)(C)C)C1(C)CCCCC1. The highest BCUT2D eigenvalue weighted by Crippen LogP contribution is 2.41. The Bertz CT molecular complexity index is 1300. The minimum Gasteiger partial charge on any atom is -0.346 e. The Kier molecular flexibility index (Phi) is 14.8. The molecule has 0 aromatic carbocycles. The molecular weight excluding hydrogens is 652 g/mol. The standard InChI is InChI=1S/C38H62N6O7/c1-9-15-26(31(47)34(49)39-21-10-2)40-33(48)30-25(24(3)4)18-22-43(30)35(50)32(38(8)19-12-11-13-20-38)42-36(51)41-27(37(5,6)7)23-44-28(45)16-14-17-29(44)46/h10,24-27,30,32H,2,9,11-23H2,1,3-8H3,(H,39,49)(H,40,48)(H2,41,42,51)/t25-,26?,27-,30+,32-/m1/s1. The summed E-state index contributed by atoms with van der Waals surface area (Å²) in [5.74, 6) is -3.13. The topological polar surface area (TPSA) is 174 Å². The monoisotopic (exact) mass is 714 g/mol. The first-order chi connectivity index (χ1) is 23.9. The van der Waals surface area contributed by atoms with Crippen LogP contribution in [-0.2, 0) is 28.8 Å². The molecule has 1 saturated carbocycles. The molecule has 13 heteroatoms. The number of imide groups is 1. The van der Waals surface area contributed by atoms with Gasteiger partial charge in [0.25, 0.3) is 5.91 Å². The summed E-state index contributed by atoms with van der Waals surface area (Å²) in [7, 11) is 0. The lowest BCUT2D eigenvalue weighted by molar-refractivity contribution is -0.148. The highest BCUT2D eigenvalue weighted by atomic mass is 16.2. The molecule has 0 aromatic heterocycles. The minimum absolute atomic E-state index is 0.0260. The zero-order valence-electron chi connectivity index (χ0n) is 31.9. The number of rotatable bonds is 15. The van der Waals surface area contributed by atoms with Crippen LogP contribution >= 0.6 is 0 Å². The average Bonchev–Trinajstić information content (AvgIpc) is 3.52. The normalized spacial score (nSPS) is 22.5. The van der Waals surface area contributed by atoms with Crippen molar-refractivity contribution in [2.75, 3.05) is 19.6 Å². The van der Waals surface area contributed by atoms with Gasteiger partial charge in [-0.25, -0.2) is 4.79 Å². The number of nitrogens with zero attached hydrogens (tertiary/aromatic N) is 2. The minimum atomic E-state index is -1.05. The van der Waals surface area contributed by atoms with Crippen molar-refractivity contribution in [3.63, 3.8) is 0 Å². The van der Waals surface area contributed by atoms with E-state index in [2.05, 4.69) is 27.8 Å². The van der Waals surface area contributed by atoms with Gasteiger partial charge in [0.2, 0.25) is 29.4 Å². The van der Waals surface area contributed by atoms with E-state index in [4.69, 9.17) is 0 Å². The number of amides is 7. The lowest BCUT2D eigenvalue weighted by Crippen LogP contribution is -2.63. The summed E-state index contributed by atoms with van der Waals surface area (Å²) in [6, 6.07) is -4.10. The van der Waals surface area contributed by atoms with E-state index in [1.54, 1.807) is 4.90 Å². The molecular formula is C38H62N6O7. The van der Waals surface area contributed by atoms with Crippen molar-refractivity contribution in [3.8, 4) is 0 Å². The van der Waals surface area contributed by atoms with Gasteiger partial charge in [-0.15, -0.1) is 6.58 Å². The quantitative estimate of drug-likeness (QED) is 0.114. The van der Waals surface area contributed by atoms with Crippen molar-refractivity contribution in [2.24, 2.45) is 22.7 Å². The van der Waals surface area contributed by atoms with Crippen LogP contribution in [0, 0.1) is 22.7 Å². The molecule has 3 rings (SSSR count). The first-order valence-corrected chi connectivity index (χ1v) is 18.9. The largest absolute Gasteiger partial charge is 0.346 e. The molecule has 4 N–H and O–H groups in total. The van der Waals surface area contributed by atoms with Crippen LogP contribution in [0.5, 0.6) is 0 Å². The molecule has 13 nitrogen and oxygen atoms in total. The molecule has 1 unspecified atom stereocenters. The van der Waals surface area contributed by atoms with Gasteiger partial charge in [0.1, 0.15) is 12.1 Å². The summed E-state index contributed by atoms with van der Waals surface area (Å²) in [6.07, 6.45) is 8.10. The van der Waals surface area contributed by atoms with Gasteiger partial charge < -0.3 is 26.2 Å². The van der Waals surface area contributed by atoms with Gasteiger partial charge in [-0.2, -0.15) is 0 Å². The van der Waals surface area contributed by atoms with Crippen LogP contribution in [0.3, 0.4) is 0 Å². The average molecular weight is 715 g/mol. The number of nitrogens with one attached hydrogen (secondary N) is 4. The van der Waals surface area contributed by atoms with E-state index in [-0.39, 0.29) is 61.9 Å². The summed E-state index contributed by atoms with van der Waals surface area (Å²) in [5, 5.41) is 11.3. The predicted octanol–water partition coefficient (Wildman–Crippen LogP) is 3.61. The van der Waals surface area contributed by atoms with Crippen LogP contribution in [0.1, 0.15) is 119 Å². The van der Waals surface area contributed by atoms with Crippen molar-refractivity contribution < 1.29 is 33.6 Å². The number of ketones is 1. The van der Waals surface area contributed by atoms with E-state index < -0.39 is 58.6 Å². The highest BCUT2D eigenvalue weighted by molar-refractivity contribution is 6.38. The number of hydrogen-bond donors (Lipinski definition) is 4. The van der Waals surface area contributed by atoms with Crippen molar-refractivity contribution >= 4 is 41.4 Å². The maximum absolute atomic E-state index is 14.8. The molecule has 5 atom stereocenters. The summed E-state index contributed by atoms with van der Waals surface area (Å²) in [4.78, 5) is 96.5. The van der Waals surface area contributed by atoms with E-state index >= 15 is 0 Å². The second kappa shape index (κ2) is 18.1. The molecule has 2 aliphatic heterocycles. The first kappa shape index (κ1) is 41.6. The third kappa shape index (κ3) is 10.6. The number of carbonyl (C=O) groups excluding carboxylic acids is 7. The van der Waals surface area contributed by atoms with Crippen LogP contribution in [0.15, 0.2) is 12.7 Å². The Hall–Kier alpha value is -3.77. The van der Waals surface area contributed by atoms with Crippen molar-refractivity contribution in [1.82, 2.24) is 31.1 Å². The molecule has 3 fully saturated rings. The zero-order valence-corrected chi connectivity index (χ0v) is 31.9. The van der Waals surface area contributed by atoms with Gasteiger partial charge in [0.15, 0.2) is 0 Å². The smallest absolute Gasteiger partial charge is 0.315 e. The Morgan fingerprint density at radius 2 is 1.59 bits per heavy atom. The Labute approximate surface area is 303 Å². The van der Waals surface area contributed by atoms with Gasteiger partial charge >= 0.3 is 6.03 Å². The molecule has 0 radical (unpaired) electrons. The molecule has 7 amide bonds. The fourth-order valence-electron chi connectivity index (χ4n) is 7.72. The van der Waals surface area contributed by atoms with Crippen molar-refractivity contribution in [2.45, 2.75) is 143 Å². The molecule has 0 bridgehead atoms. The van der Waals surface area contributed by atoms with Gasteiger partial charge in [-0.05, 0) is 54.8 Å². The summed E-state index contributed by atoms with van der Waals surface area (Å²) >= 11 is 0. The second-order valence-electron chi connectivity index (χ2n) is 16.3. The van der Waals surface area contributed by atoms with E-state index in [9.17, 15) is 33.6 Å². The number of piperidine rings is 1. The van der Waals surface area contributed by atoms with Gasteiger partial charge in [-0.3, -0.25) is 33.7 Å². The molecule has 2 saturated heterocycles. The summed E-state index contributed by atoms with van der Waals surface area (Å²) < 4.78 is 0. The van der Waals surface area contributed by atoms with E-state index in [1.807, 2.05) is 48.5 Å². The summed E-state index contributed by atoms with van der Waals surface area (Å²) in [5.41, 5.74) is -1.12. The Morgan fingerprint density at radius 1 is 0.961 bits per heavy atom. The van der Waals surface area contributed by atoms with E-state index in [1.165, 1.54) is 11.0 Å². The number of hydrogen-bond acceptors (Lipinski definition) is 7. The predicted molar refractivity (Wildman–Crippen MR) is 194 cm³/mol. The van der Waals surface area contributed by atoms with Crippen molar-refractivity contribution in [3.05, 3.63) is 12.7 Å². The fraction of sp³-hybridized carbons (Fsp3) is 0.763. The molecule has 0 aromatic rings. The maximum Gasteiger partial charge on any atom is 0.315 e. The molecule has 3 aliphatic rings. The third-order valence-corrected chi connectivity index (χ3v) is 11.0. The van der Waals surface area contributed by atoms with Crippen LogP contribution in [0.25, 0.3) is 0 Å². The zero-order chi connectivity index (χ0) is 38.1. The molecule has 0 spiro atoms. The molecule has 2 heterocycles. The van der Waals surface area contributed by atoms with Gasteiger partial charge in [0, 0.05) is 32.5 Å². The number of likely N-dealkylation sites (tertiary alicyclic amines) is 2. The second-order valence-corrected chi connectivity index (χ2v) is 16.3. The van der Waals surface area contributed by atoms with Crippen LogP contribution in [0.2, 0.25) is 0 Å².